The number of hydrogen-bond donors (Lipinski definition) is 0. The number of carbonyl (C=O) groups is 1. The highest BCUT2D eigenvalue weighted by atomic mass is 16.8. The number of hydrogen-bond acceptors (Lipinski definition) is 8. The molecule has 0 saturated carbocycles. The Balaban J connectivity index is 1.28. The van der Waals surface area contributed by atoms with Crippen LogP contribution < -0.4 is 4.74 Å². The van der Waals surface area contributed by atoms with Crippen LogP contribution in [0.1, 0.15) is 55.1 Å². The molecule has 5 aromatic rings. The summed E-state index contributed by atoms with van der Waals surface area (Å²) in [5, 5.41) is 1.96. The molecular weight excluding hydrogens is 556 g/mol. The smallest absolute Gasteiger partial charge is 0.193 e. The monoisotopic (exact) mass is 588 g/mol. The van der Waals surface area contributed by atoms with Crippen LogP contribution in [0.15, 0.2) is 72.8 Å². The van der Waals surface area contributed by atoms with Crippen molar-refractivity contribution in [2.45, 2.75) is 69.6 Å². The Hall–Kier alpha value is -3.95. The molecule has 6 atom stereocenters. The molecular formula is C36H32N2O6. The summed E-state index contributed by atoms with van der Waals surface area (Å²) in [5.74, 6) is -0.123. The lowest BCUT2D eigenvalue weighted by molar-refractivity contribution is -0.240. The zero-order valence-electron chi connectivity index (χ0n) is 24.9. The van der Waals surface area contributed by atoms with Gasteiger partial charge in [-0.05, 0) is 45.9 Å². The van der Waals surface area contributed by atoms with Crippen molar-refractivity contribution in [2.24, 2.45) is 5.92 Å². The molecule has 222 valence electrons. The lowest BCUT2D eigenvalue weighted by Gasteiger charge is -2.51. The summed E-state index contributed by atoms with van der Waals surface area (Å²) in [7, 11) is 0. The summed E-state index contributed by atoms with van der Waals surface area (Å²) < 4.78 is 32.5. The molecule has 4 aliphatic heterocycles. The number of ketones is 1. The van der Waals surface area contributed by atoms with Crippen LogP contribution in [-0.2, 0) is 18.9 Å². The van der Waals surface area contributed by atoms with Gasteiger partial charge in [0, 0.05) is 39.3 Å². The predicted octanol–water partition coefficient (Wildman–Crippen LogP) is 6.31. The van der Waals surface area contributed by atoms with E-state index in [0.29, 0.717) is 23.3 Å². The van der Waals surface area contributed by atoms with Crippen LogP contribution in [0.25, 0.3) is 32.8 Å². The van der Waals surface area contributed by atoms with Crippen LogP contribution in [0.2, 0.25) is 0 Å². The molecule has 0 amide bonds. The second-order valence-corrected chi connectivity index (χ2v) is 13.3. The van der Waals surface area contributed by atoms with Crippen molar-refractivity contribution < 1.29 is 28.5 Å². The van der Waals surface area contributed by atoms with E-state index >= 15 is 0 Å². The average Bonchev–Trinajstić information content (AvgIpc) is 3.51. The van der Waals surface area contributed by atoms with Gasteiger partial charge in [0.05, 0.1) is 34.8 Å². The highest BCUT2D eigenvalue weighted by Crippen LogP contribution is 2.57. The van der Waals surface area contributed by atoms with Crippen molar-refractivity contribution in [3.63, 3.8) is 0 Å². The van der Waals surface area contributed by atoms with E-state index in [2.05, 4.69) is 26.0 Å². The van der Waals surface area contributed by atoms with Gasteiger partial charge in [0.2, 0.25) is 0 Å². The Bertz CT molecular complexity index is 2010. The van der Waals surface area contributed by atoms with Crippen molar-refractivity contribution in [3.8, 4) is 5.75 Å². The van der Waals surface area contributed by atoms with Gasteiger partial charge in [0.15, 0.2) is 17.9 Å². The molecule has 1 aromatic heterocycles. The number of ether oxygens (including phenoxy) is 5. The third-order valence-corrected chi connectivity index (χ3v) is 9.76. The number of aromatic nitrogens is 2. The molecule has 3 fully saturated rings. The predicted molar refractivity (Wildman–Crippen MR) is 164 cm³/mol. The van der Waals surface area contributed by atoms with Gasteiger partial charge < -0.3 is 23.7 Å². The first-order chi connectivity index (χ1) is 21.2. The Morgan fingerprint density at radius 3 is 2.34 bits per heavy atom. The quantitative estimate of drug-likeness (QED) is 0.135. The van der Waals surface area contributed by atoms with E-state index in [1.807, 2.05) is 74.5 Å². The third-order valence-electron chi connectivity index (χ3n) is 9.76. The third kappa shape index (κ3) is 3.75. The molecule has 4 aliphatic rings. The zero-order valence-corrected chi connectivity index (χ0v) is 24.9. The maximum Gasteiger partial charge on any atom is 0.193 e. The van der Waals surface area contributed by atoms with Crippen LogP contribution in [0.4, 0.5) is 0 Å². The molecule has 9 rings (SSSR count). The number of fused-ring (bicyclic) bond motifs is 13. The van der Waals surface area contributed by atoms with Crippen LogP contribution >= 0.6 is 0 Å². The molecule has 44 heavy (non-hydrogen) atoms. The van der Waals surface area contributed by atoms with Crippen molar-refractivity contribution in [2.75, 3.05) is 6.61 Å². The minimum Gasteiger partial charge on any atom is -0.486 e. The summed E-state index contributed by atoms with van der Waals surface area (Å²) in [4.78, 5) is 23.8. The van der Waals surface area contributed by atoms with Gasteiger partial charge >= 0.3 is 0 Å². The van der Waals surface area contributed by atoms with E-state index in [9.17, 15) is 4.79 Å². The first-order valence-electron chi connectivity index (χ1n) is 15.3. The van der Waals surface area contributed by atoms with Crippen molar-refractivity contribution >= 4 is 38.6 Å². The number of carbonyl (C=O) groups excluding carboxylic acids is 1. The van der Waals surface area contributed by atoms with Crippen LogP contribution in [0.3, 0.4) is 0 Å². The molecule has 0 N–H and O–H groups in total. The fourth-order valence-electron chi connectivity index (χ4n) is 7.75. The summed E-state index contributed by atoms with van der Waals surface area (Å²) in [6.07, 6.45) is -1.46. The minimum atomic E-state index is -0.741. The first kappa shape index (κ1) is 26.5. The molecule has 3 saturated heterocycles. The average molecular weight is 589 g/mol. The molecule has 0 bridgehead atoms. The van der Waals surface area contributed by atoms with Crippen LogP contribution in [0, 0.1) is 5.92 Å². The number of nitrogens with zero attached hydrogens (tertiary/aromatic N) is 2. The first-order valence-corrected chi connectivity index (χ1v) is 15.3. The molecule has 4 aromatic carbocycles. The summed E-state index contributed by atoms with van der Waals surface area (Å²) in [5.41, 5.74) is 4.55. The molecule has 0 radical (unpaired) electrons. The maximum absolute atomic E-state index is 13.4. The zero-order chi connectivity index (χ0) is 30.0. The van der Waals surface area contributed by atoms with Gasteiger partial charge in [0.1, 0.15) is 23.6 Å². The number of benzene rings is 4. The standard InChI is InChI=1S/C36H32N2O6/c1-35(2)22-17-40-32-31(41-34-33(32)43-36(3,4)44-34)25(22)26-28-27(20-12-8-9-13-21(20)30(26)42-35)37-23-15-14-19(16-24(23)38-28)29(39)18-10-6-5-7-11-18/h5-16,22,25,31-34H,17H2,1-4H3. The van der Waals surface area contributed by atoms with E-state index in [0.717, 1.165) is 38.6 Å². The Kier molecular flexibility index (Phi) is 5.44. The SMILES string of the molecule is CC1(C)OC2OC3C(OCC4C3c3c(c5ccccc5c5nc6ccc(C(=O)c7ccccc7)cc6nc35)OC4(C)C)C2O1. The van der Waals surface area contributed by atoms with Crippen LogP contribution in [0.5, 0.6) is 5.75 Å². The molecule has 5 heterocycles. The van der Waals surface area contributed by atoms with Gasteiger partial charge in [-0.1, -0.05) is 54.6 Å². The van der Waals surface area contributed by atoms with Gasteiger partial charge in [-0.3, -0.25) is 4.79 Å². The second kappa shape index (κ2) is 9.05. The normalized spacial score (nSPS) is 29.5. The van der Waals surface area contributed by atoms with Gasteiger partial charge in [-0.15, -0.1) is 0 Å². The van der Waals surface area contributed by atoms with E-state index in [1.165, 1.54) is 0 Å². The fraction of sp³-hybridized carbons (Fsp3) is 0.361. The van der Waals surface area contributed by atoms with E-state index < -0.39 is 17.7 Å². The Morgan fingerprint density at radius 2 is 1.52 bits per heavy atom. The number of rotatable bonds is 2. The summed E-state index contributed by atoms with van der Waals surface area (Å²) >= 11 is 0. The van der Waals surface area contributed by atoms with E-state index in [-0.39, 0.29) is 35.9 Å². The molecule has 8 heteroatoms. The molecule has 0 spiro atoms. The van der Waals surface area contributed by atoms with E-state index in [4.69, 9.17) is 33.7 Å². The van der Waals surface area contributed by atoms with Crippen molar-refractivity contribution in [1.82, 2.24) is 9.97 Å². The lowest BCUT2D eigenvalue weighted by atomic mass is 9.68. The second-order valence-electron chi connectivity index (χ2n) is 13.3. The topological polar surface area (TPSA) is 89.0 Å². The molecule has 6 unspecified atom stereocenters. The Labute approximate surface area is 254 Å². The highest BCUT2D eigenvalue weighted by Gasteiger charge is 2.63. The highest BCUT2D eigenvalue weighted by molar-refractivity contribution is 6.13. The molecule has 8 nitrogen and oxygen atoms in total. The summed E-state index contributed by atoms with van der Waals surface area (Å²) in [6.45, 7) is 8.53. The van der Waals surface area contributed by atoms with E-state index in [1.54, 1.807) is 0 Å². The maximum atomic E-state index is 13.4. The summed E-state index contributed by atoms with van der Waals surface area (Å²) in [6, 6.07) is 23.1. The van der Waals surface area contributed by atoms with Crippen LogP contribution in [-0.4, -0.2) is 58.3 Å². The van der Waals surface area contributed by atoms with Gasteiger partial charge in [0.25, 0.3) is 0 Å². The fourth-order valence-corrected chi connectivity index (χ4v) is 7.75. The van der Waals surface area contributed by atoms with Crippen molar-refractivity contribution in [1.29, 1.82) is 0 Å². The largest absolute Gasteiger partial charge is 0.486 e. The lowest BCUT2D eigenvalue weighted by Crippen LogP contribution is -2.57. The molecule has 0 aliphatic carbocycles. The van der Waals surface area contributed by atoms with Crippen molar-refractivity contribution in [3.05, 3.63) is 89.5 Å². The Morgan fingerprint density at radius 1 is 0.773 bits per heavy atom. The minimum absolute atomic E-state index is 0.0176. The van der Waals surface area contributed by atoms with Gasteiger partial charge in [-0.25, -0.2) is 9.97 Å². The van der Waals surface area contributed by atoms with Gasteiger partial charge in [-0.2, -0.15) is 0 Å².